The maximum Gasteiger partial charge on any atom is 0.410 e. The standard InChI is InChI=1S/C25H31N3O4S2.ClH/c26-21(10-4-5-13-27-24(29)31-18-20-8-2-1-3-9-20)19-32-25(30)28(16-22-11-6-14-33-22)17-23-12-7-15-34-23;/h1-3,6-9,11-12,14-15,21H,4-5,10,13,16-19,26H2,(H,27,29);1H/t21-;/m1./s1. The zero-order chi connectivity index (χ0) is 24.0. The van der Waals surface area contributed by atoms with Crippen molar-refractivity contribution >= 4 is 47.3 Å². The molecular formula is C25H32ClN3O4S2. The first-order chi connectivity index (χ1) is 16.6. The third-order valence-electron chi connectivity index (χ3n) is 5.02. The van der Waals surface area contributed by atoms with E-state index in [0.717, 1.165) is 28.2 Å². The fraction of sp³-hybridized carbons (Fsp3) is 0.360. The number of halogens is 1. The molecule has 2 heterocycles. The maximum absolute atomic E-state index is 12.7. The van der Waals surface area contributed by atoms with E-state index in [1.807, 2.05) is 65.4 Å². The normalized spacial score (nSPS) is 11.2. The van der Waals surface area contributed by atoms with Gasteiger partial charge in [0.25, 0.3) is 0 Å². The Morgan fingerprint density at radius 2 is 1.57 bits per heavy atom. The SMILES string of the molecule is Cl.N[C@H](CCCCNC(=O)OCc1ccccc1)COC(=O)N(Cc1cccs1)Cc1cccs1. The fourth-order valence-corrected chi connectivity index (χ4v) is 4.65. The summed E-state index contributed by atoms with van der Waals surface area (Å²) < 4.78 is 10.7. The third-order valence-corrected chi connectivity index (χ3v) is 6.74. The first-order valence-electron chi connectivity index (χ1n) is 11.3. The van der Waals surface area contributed by atoms with Crippen molar-refractivity contribution < 1.29 is 19.1 Å². The van der Waals surface area contributed by atoms with Gasteiger partial charge in [-0.25, -0.2) is 9.59 Å². The third kappa shape index (κ3) is 11.1. The van der Waals surface area contributed by atoms with Gasteiger partial charge in [0.1, 0.15) is 13.2 Å². The number of hydrogen-bond donors (Lipinski definition) is 2. The Morgan fingerprint density at radius 3 is 2.17 bits per heavy atom. The highest BCUT2D eigenvalue weighted by atomic mass is 35.5. The Bertz CT molecular complexity index is 936. The summed E-state index contributed by atoms with van der Waals surface area (Å²) >= 11 is 3.23. The second-order valence-electron chi connectivity index (χ2n) is 7.84. The smallest absolute Gasteiger partial charge is 0.410 e. The number of nitrogens with one attached hydrogen (secondary N) is 1. The van der Waals surface area contributed by atoms with Gasteiger partial charge in [-0.15, -0.1) is 35.1 Å². The van der Waals surface area contributed by atoms with Gasteiger partial charge in [-0.05, 0) is 41.3 Å². The van der Waals surface area contributed by atoms with Gasteiger partial charge in [-0.2, -0.15) is 0 Å². The number of unbranched alkanes of at least 4 members (excludes halogenated alkanes) is 1. The van der Waals surface area contributed by atoms with Gasteiger partial charge in [-0.3, -0.25) is 4.90 Å². The number of rotatable bonds is 13. The van der Waals surface area contributed by atoms with Crippen LogP contribution in [0.2, 0.25) is 0 Å². The van der Waals surface area contributed by atoms with Gasteiger partial charge < -0.3 is 20.5 Å². The lowest BCUT2D eigenvalue weighted by Crippen LogP contribution is -2.34. The molecule has 0 fully saturated rings. The molecule has 3 rings (SSSR count). The number of alkyl carbamates (subject to hydrolysis) is 1. The Hall–Kier alpha value is -2.59. The summed E-state index contributed by atoms with van der Waals surface area (Å²) in [4.78, 5) is 28.4. The van der Waals surface area contributed by atoms with Gasteiger partial charge >= 0.3 is 12.2 Å². The van der Waals surface area contributed by atoms with E-state index in [4.69, 9.17) is 15.2 Å². The number of benzene rings is 1. The van der Waals surface area contributed by atoms with Crippen LogP contribution in [0.4, 0.5) is 9.59 Å². The van der Waals surface area contributed by atoms with E-state index in [0.29, 0.717) is 26.1 Å². The van der Waals surface area contributed by atoms with Crippen molar-refractivity contribution in [3.05, 3.63) is 80.7 Å². The van der Waals surface area contributed by atoms with Gasteiger partial charge in [-0.1, -0.05) is 48.9 Å². The van der Waals surface area contributed by atoms with Crippen molar-refractivity contribution in [2.75, 3.05) is 13.2 Å². The lowest BCUT2D eigenvalue weighted by atomic mass is 10.1. The molecule has 0 aliphatic heterocycles. The molecule has 10 heteroatoms. The maximum atomic E-state index is 12.7. The summed E-state index contributed by atoms with van der Waals surface area (Å²) in [5, 5.41) is 6.74. The summed E-state index contributed by atoms with van der Waals surface area (Å²) in [5.74, 6) is 0. The van der Waals surface area contributed by atoms with Crippen molar-refractivity contribution in [1.29, 1.82) is 0 Å². The second-order valence-corrected chi connectivity index (χ2v) is 9.90. The molecule has 35 heavy (non-hydrogen) atoms. The molecule has 2 amide bonds. The Labute approximate surface area is 220 Å². The van der Waals surface area contributed by atoms with E-state index in [1.165, 1.54) is 0 Å². The number of carbonyl (C=O) groups excluding carboxylic acids is 2. The lowest BCUT2D eigenvalue weighted by molar-refractivity contribution is 0.0913. The van der Waals surface area contributed by atoms with Crippen molar-refractivity contribution in [3.8, 4) is 0 Å². The average Bonchev–Trinajstić information content (AvgIpc) is 3.56. The summed E-state index contributed by atoms with van der Waals surface area (Å²) in [7, 11) is 0. The molecule has 0 unspecified atom stereocenters. The zero-order valence-electron chi connectivity index (χ0n) is 19.5. The number of ether oxygens (including phenoxy) is 2. The molecule has 0 radical (unpaired) electrons. The van der Waals surface area contributed by atoms with Crippen LogP contribution in [-0.4, -0.2) is 36.3 Å². The van der Waals surface area contributed by atoms with Crippen LogP contribution in [0, 0.1) is 0 Å². The molecule has 190 valence electrons. The first kappa shape index (κ1) is 28.6. The summed E-state index contributed by atoms with van der Waals surface area (Å²) in [6.45, 7) is 1.94. The minimum absolute atomic E-state index is 0. The quantitative estimate of drug-likeness (QED) is 0.269. The van der Waals surface area contributed by atoms with E-state index in [-0.39, 0.29) is 37.8 Å². The van der Waals surface area contributed by atoms with E-state index < -0.39 is 6.09 Å². The van der Waals surface area contributed by atoms with Crippen molar-refractivity contribution in [2.24, 2.45) is 5.73 Å². The van der Waals surface area contributed by atoms with E-state index in [1.54, 1.807) is 27.6 Å². The van der Waals surface area contributed by atoms with Crippen LogP contribution in [0.25, 0.3) is 0 Å². The summed E-state index contributed by atoms with van der Waals surface area (Å²) in [5.41, 5.74) is 7.09. The second kappa shape index (κ2) is 16.1. The first-order valence-corrected chi connectivity index (χ1v) is 13.0. The highest BCUT2D eigenvalue weighted by molar-refractivity contribution is 7.10. The van der Waals surface area contributed by atoms with Crippen LogP contribution in [0.3, 0.4) is 0 Å². The Kier molecular flexibility index (Phi) is 13.2. The molecule has 0 spiro atoms. The minimum Gasteiger partial charge on any atom is -0.448 e. The number of carbonyl (C=O) groups is 2. The van der Waals surface area contributed by atoms with Crippen LogP contribution in [0.1, 0.15) is 34.6 Å². The minimum atomic E-state index is -0.432. The molecule has 0 saturated heterocycles. The van der Waals surface area contributed by atoms with Gasteiger partial charge in [0.05, 0.1) is 13.1 Å². The molecule has 3 aromatic rings. The van der Waals surface area contributed by atoms with E-state index >= 15 is 0 Å². The predicted octanol–water partition coefficient (Wildman–Crippen LogP) is 5.79. The zero-order valence-corrected chi connectivity index (χ0v) is 21.9. The Balaban J connectivity index is 0.00000432. The number of amides is 2. The lowest BCUT2D eigenvalue weighted by Gasteiger charge is -2.22. The van der Waals surface area contributed by atoms with Crippen LogP contribution >= 0.6 is 35.1 Å². The molecule has 0 bridgehead atoms. The largest absolute Gasteiger partial charge is 0.448 e. The van der Waals surface area contributed by atoms with Crippen molar-refractivity contribution in [1.82, 2.24) is 10.2 Å². The molecule has 3 N–H and O–H groups in total. The van der Waals surface area contributed by atoms with Crippen LogP contribution in [0.15, 0.2) is 65.4 Å². The molecule has 0 aliphatic rings. The van der Waals surface area contributed by atoms with Crippen molar-refractivity contribution in [2.45, 2.75) is 45.0 Å². The number of hydrogen-bond acceptors (Lipinski definition) is 7. The molecule has 0 saturated carbocycles. The molecule has 1 atom stereocenters. The number of nitrogens with zero attached hydrogens (tertiary/aromatic N) is 1. The number of nitrogens with two attached hydrogens (primary N) is 1. The van der Waals surface area contributed by atoms with Crippen LogP contribution in [0.5, 0.6) is 0 Å². The average molecular weight is 538 g/mol. The van der Waals surface area contributed by atoms with Gasteiger partial charge in [0, 0.05) is 22.3 Å². The van der Waals surface area contributed by atoms with Gasteiger partial charge in [0.2, 0.25) is 0 Å². The summed E-state index contributed by atoms with van der Waals surface area (Å²) in [6.07, 6.45) is 1.49. The van der Waals surface area contributed by atoms with E-state index in [2.05, 4.69) is 5.32 Å². The van der Waals surface area contributed by atoms with E-state index in [9.17, 15) is 9.59 Å². The molecule has 7 nitrogen and oxygen atoms in total. The molecule has 0 aliphatic carbocycles. The van der Waals surface area contributed by atoms with Crippen LogP contribution < -0.4 is 11.1 Å². The highest BCUT2D eigenvalue weighted by Crippen LogP contribution is 2.18. The number of thiophene rings is 2. The Morgan fingerprint density at radius 1 is 0.914 bits per heavy atom. The predicted molar refractivity (Wildman–Crippen MR) is 143 cm³/mol. The van der Waals surface area contributed by atoms with Gasteiger partial charge in [0.15, 0.2) is 0 Å². The monoisotopic (exact) mass is 537 g/mol. The van der Waals surface area contributed by atoms with Crippen molar-refractivity contribution in [3.63, 3.8) is 0 Å². The fourth-order valence-electron chi connectivity index (χ4n) is 3.22. The molecule has 2 aromatic heterocycles. The summed E-state index contributed by atoms with van der Waals surface area (Å²) in [6, 6.07) is 17.3. The van der Waals surface area contributed by atoms with Crippen LogP contribution in [-0.2, 0) is 29.2 Å². The topological polar surface area (TPSA) is 93.9 Å². The highest BCUT2D eigenvalue weighted by Gasteiger charge is 2.18. The molecular weight excluding hydrogens is 506 g/mol. The molecule has 1 aromatic carbocycles.